The van der Waals surface area contributed by atoms with Crippen LogP contribution in [0.3, 0.4) is 0 Å². The van der Waals surface area contributed by atoms with Crippen molar-refractivity contribution in [3.63, 3.8) is 0 Å². The molecule has 0 atom stereocenters. The lowest BCUT2D eigenvalue weighted by molar-refractivity contribution is -0.152. The van der Waals surface area contributed by atoms with Crippen LogP contribution in [0.25, 0.3) is 11.3 Å². The zero-order chi connectivity index (χ0) is 24.5. The van der Waals surface area contributed by atoms with Crippen LogP contribution in [0.15, 0.2) is 59.2 Å². The van der Waals surface area contributed by atoms with Crippen molar-refractivity contribution in [1.82, 2.24) is 0 Å². The van der Waals surface area contributed by atoms with Gasteiger partial charge in [-0.15, -0.1) is 0 Å². The Kier molecular flexibility index (Phi) is 6.02. The van der Waals surface area contributed by atoms with Crippen molar-refractivity contribution in [3.05, 3.63) is 60.4 Å². The number of hydrogen-bond donors (Lipinski definition) is 1. The number of hydrogen-bond acceptors (Lipinski definition) is 7. The molecular formula is C25H23NO8. The van der Waals surface area contributed by atoms with E-state index in [9.17, 15) is 14.4 Å². The Morgan fingerprint density at radius 1 is 1.06 bits per heavy atom. The number of amides is 1. The van der Waals surface area contributed by atoms with Crippen LogP contribution in [0, 0.1) is 0 Å². The van der Waals surface area contributed by atoms with Gasteiger partial charge >= 0.3 is 11.9 Å². The van der Waals surface area contributed by atoms with Gasteiger partial charge in [0, 0.05) is 5.56 Å². The number of carbonyl (C=O) groups is 3. The third-order valence-electron chi connectivity index (χ3n) is 4.78. The summed E-state index contributed by atoms with van der Waals surface area (Å²) in [5, 5.41) is 9.02. The summed E-state index contributed by atoms with van der Waals surface area (Å²) in [6, 6.07) is 13.3. The van der Waals surface area contributed by atoms with E-state index in [0.717, 1.165) is 0 Å². The first-order valence-electron chi connectivity index (χ1n) is 10.5. The molecule has 1 aliphatic heterocycles. The Balaban J connectivity index is 1.81. The van der Waals surface area contributed by atoms with E-state index >= 15 is 0 Å². The molecule has 0 radical (unpaired) electrons. The molecule has 0 unspecified atom stereocenters. The van der Waals surface area contributed by atoms with E-state index in [1.54, 1.807) is 63.2 Å². The second kappa shape index (κ2) is 8.93. The fourth-order valence-electron chi connectivity index (χ4n) is 3.50. The summed E-state index contributed by atoms with van der Waals surface area (Å²) >= 11 is 0. The minimum Gasteiger partial charge on any atom is -0.481 e. The molecule has 1 aromatic heterocycles. The molecule has 9 heteroatoms. The first-order chi connectivity index (χ1) is 16.1. The summed E-state index contributed by atoms with van der Waals surface area (Å²) in [5.41, 5.74) is 0.241. The molecule has 1 N–H and O–H groups in total. The molecule has 0 spiro atoms. The first kappa shape index (κ1) is 22.9. The van der Waals surface area contributed by atoms with Crippen molar-refractivity contribution in [2.24, 2.45) is 0 Å². The molecule has 0 saturated heterocycles. The predicted octanol–water partition coefficient (Wildman–Crippen LogP) is 4.50. The van der Waals surface area contributed by atoms with E-state index in [1.165, 1.54) is 17.2 Å². The molecule has 1 amide bonds. The number of esters is 1. The zero-order valence-corrected chi connectivity index (χ0v) is 18.9. The highest BCUT2D eigenvalue weighted by molar-refractivity contribution is 6.13. The van der Waals surface area contributed by atoms with Gasteiger partial charge in [0.15, 0.2) is 12.4 Å². The number of carboxylic acid groups (broad SMARTS) is 1. The maximum Gasteiger partial charge on any atom is 0.341 e. The fourth-order valence-corrected chi connectivity index (χ4v) is 3.50. The molecule has 0 bridgehead atoms. The van der Waals surface area contributed by atoms with Gasteiger partial charge in [0.2, 0.25) is 0 Å². The van der Waals surface area contributed by atoms with Gasteiger partial charge in [-0.1, -0.05) is 6.07 Å². The number of fused-ring (bicyclic) bond motifs is 2. The second-order valence-electron chi connectivity index (χ2n) is 8.55. The van der Waals surface area contributed by atoms with Crippen molar-refractivity contribution in [1.29, 1.82) is 0 Å². The van der Waals surface area contributed by atoms with Crippen LogP contribution in [0.4, 0.5) is 5.69 Å². The molecule has 176 valence electrons. The molecule has 1 aliphatic rings. The van der Waals surface area contributed by atoms with Gasteiger partial charge in [0.1, 0.15) is 35.0 Å². The van der Waals surface area contributed by atoms with E-state index in [4.69, 9.17) is 23.7 Å². The van der Waals surface area contributed by atoms with Crippen LogP contribution in [-0.4, -0.2) is 41.7 Å². The summed E-state index contributed by atoms with van der Waals surface area (Å²) < 4.78 is 22.3. The predicted molar refractivity (Wildman–Crippen MR) is 121 cm³/mol. The molecule has 2 aromatic carbocycles. The van der Waals surface area contributed by atoms with E-state index in [2.05, 4.69) is 0 Å². The van der Waals surface area contributed by atoms with E-state index in [0.29, 0.717) is 22.8 Å². The Morgan fingerprint density at radius 2 is 1.85 bits per heavy atom. The van der Waals surface area contributed by atoms with Crippen LogP contribution in [0.1, 0.15) is 31.1 Å². The monoisotopic (exact) mass is 465 g/mol. The Hall–Kier alpha value is -4.27. The third-order valence-corrected chi connectivity index (χ3v) is 4.78. The van der Waals surface area contributed by atoms with Crippen LogP contribution < -0.4 is 14.4 Å². The third kappa shape index (κ3) is 4.88. The number of carbonyl (C=O) groups excluding carboxylic acids is 2. The van der Waals surface area contributed by atoms with Crippen molar-refractivity contribution in [2.75, 3.05) is 18.1 Å². The van der Waals surface area contributed by atoms with Crippen molar-refractivity contribution in [2.45, 2.75) is 26.4 Å². The van der Waals surface area contributed by atoms with Crippen molar-refractivity contribution in [3.8, 4) is 28.6 Å². The van der Waals surface area contributed by atoms with Gasteiger partial charge < -0.3 is 23.7 Å². The number of nitrogens with zero attached hydrogens (tertiary/aromatic N) is 1. The van der Waals surface area contributed by atoms with Crippen LogP contribution in [-0.2, 0) is 14.3 Å². The molecule has 9 nitrogen and oxygen atoms in total. The Bertz CT molecular complexity index is 1240. The van der Waals surface area contributed by atoms with Crippen molar-refractivity contribution < 1.29 is 38.1 Å². The minimum absolute atomic E-state index is 0.00283. The summed E-state index contributed by atoms with van der Waals surface area (Å²) in [4.78, 5) is 38.8. The summed E-state index contributed by atoms with van der Waals surface area (Å²) in [7, 11) is 0. The molecule has 2 heterocycles. The Morgan fingerprint density at radius 3 is 2.53 bits per heavy atom. The number of aliphatic carboxylic acids is 1. The van der Waals surface area contributed by atoms with Crippen molar-refractivity contribution >= 4 is 23.5 Å². The topological polar surface area (TPSA) is 116 Å². The van der Waals surface area contributed by atoms with Gasteiger partial charge in [-0.25, -0.2) is 4.79 Å². The molecule has 0 fully saturated rings. The van der Waals surface area contributed by atoms with Crippen LogP contribution in [0.5, 0.6) is 17.2 Å². The number of rotatable bonds is 6. The van der Waals surface area contributed by atoms with Crippen LogP contribution in [0.2, 0.25) is 0 Å². The summed E-state index contributed by atoms with van der Waals surface area (Å²) in [6.45, 7) is 4.14. The fraction of sp³-hybridized carbons (Fsp3) is 0.240. The van der Waals surface area contributed by atoms with Gasteiger partial charge in [0.25, 0.3) is 5.91 Å². The average molecular weight is 465 g/mol. The molecule has 3 aromatic rings. The summed E-state index contributed by atoms with van der Waals surface area (Å²) in [6.07, 6.45) is 1.53. The molecule has 34 heavy (non-hydrogen) atoms. The quantitative estimate of drug-likeness (QED) is 0.529. The lowest BCUT2D eigenvalue weighted by atomic mass is 10.1. The first-order valence-corrected chi connectivity index (χ1v) is 10.5. The van der Waals surface area contributed by atoms with Gasteiger partial charge in [0.05, 0.1) is 12.0 Å². The molecule has 0 aliphatic carbocycles. The smallest absolute Gasteiger partial charge is 0.341 e. The molecular weight excluding hydrogens is 442 g/mol. The molecule has 0 saturated carbocycles. The zero-order valence-electron chi connectivity index (χ0n) is 18.9. The lowest BCUT2D eigenvalue weighted by Crippen LogP contribution is -2.38. The maximum absolute atomic E-state index is 13.8. The number of ether oxygens (including phenoxy) is 3. The largest absolute Gasteiger partial charge is 0.481 e. The molecule has 4 rings (SSSR count). The Labute approximate surface area is 195 Å². The van der Waals surface area contributed by atoms with E-state index in [-0.39, 0.29) is 17.1 Å². The number of furan rings is 1. The average Bonchev–Trinajstić information content (AvgIpc) is 3.26. The number of anilines is 1. The van der Waals surface area contributed by atoms with E-state index < -0.39 is 36.6 Å². The maximum atomic E-state index is 13.8. The lowest BCUT2D eigenvalue weighted by Gasteiger charge is -2.25. The summed E-state index contributed by atoms with van der Waals surface area (Å²) in [5.74, 6) is -1.33. The van der Waals surface area contributed by atoms with Gasteiger partial charge in [-0.2, -0.15) is 0 Å². The highest BCUT2D eigenvalue weighted by atomic mass is 16.6. The second-order valence-corrected chi connectivity index (χ2v) is 8.55. The normalized spacial score (nSPS) is 12.8. The van der Waals surface area contributed by atoms with Gasteiger partial charge in [-0.05, 0) is 63.2 Å². The highest BCUT2D eigenvalue weighted by Crippen LogP contribution is 2.43. The van der Waals surface area contributed by atoms with Crippen LogP contribution >= 0.6 is 0 Å². The SMILES string of the molecule is CC(C)(C)OC(=O)CN1C(=O)c2c(OCC(=O)O)cccc2Oc2ccc(-c3ccco3)cc21. The van der Waals surface area contributed by atoms with Gasteiger partial charge in [-0.3, -0.25) is 14.5 Å². The minimum atomic E-state index is -1.20. The number of benzene rings is 2. The van der Waals surface area contributed by atoms with E-state index in [1.807, 2.05) is 0 Å². The number of carboxylic acids is 1. The standard InChI is InChI=1S/C25H23NO8/c1-25(2,3)34-22(29)13-26-16-12-15(17-8-5-11-31-17)9-10-18(16)33-20-7-4-6-19(23(20)24(26)30)32-14-21(27)28/h4-12H,13-14H2,1-3H3,(H,27,28). The highest BCUT2D eigenvalue weighted by Gasteiger charge is 2.34.